The number of hydrogen-bond donors (Lipinski definition) is 1. The van der Waals surface area contributed by atoms with Crippen LogP contribution >= 0.6 is 0 Å². The normalized spacial score (nSPS) is 19.3. The lowest BCUT2D eigenvalue weighted by atomic mass is 10.1. The van der Waals surface area contributed by atoms with Crippen molar-refractivity contribution in [1.82, 2.24) is 5.32 Å². The monoisotopic (exact) mass is 290 g/mol. The number of hydrogen-bond acceptors (Lipinski definition) is 3. The predicted molar refractivity (Wildman–Crippen MR) is 81.0 cm³/mol. The highest BCUT2D eigenvalue weighted by Gasteiger charge is 2.30. The molecule has 0 saturated carbocycles. The van der Waals surface area contributed by atoms with Gasteiger partial charge in [0.1, 0.15) is 6.04 Å². The van der Waals surface area contributed by atoms with E-state index in [9.17, 15) is 9.59 Å². The van der Waals surface area contributed by atoms with E-state index >= 15 is 0 Å². The minimum Gasteiger partial charge on any atom is -0.380 e. The van der Waals surface area contributed by atoms with E-state index in [2.05, 4.69) is 5.32 Å². The number of carbonyl (C=O) groups excluding carboxylic acids is 2. The Balaban J connectivity index is 2.32. The standard InChI is InChI=1S/C16H22N2O3/c1-3-6-13-16(20)18(10-9-15(19)17-13)14-8-5-4-7-12(14)11-21-2/h4-5,7-8,13H,3,6,9-11H2,1-2H3,(H,17,19). The van der Waals surface area contributed by atoms with Gasteiger partial charge in [0.2, 0.25) is 11.8 Å². The molecule has 1 unspecified atom stereocenters. The number of nitrogens with one attached hydrogen (secondary N) is 1. The molecular weight excluding hydrogens is 268 g/mol. The first-order valence-electron chi connectivity index (χ1n) is 7.35. The topological polar surface area (TPSA) is 58.6 Å². The van der Waals surface area contributed by atoms with Crippen LogP contribution in [0.3, 0.4) is 0 Å². The van der Waals surface area contributed by atoms with Crippen molar-refractivity contribution < 1.29 is 14.3 Å². The maximum absolute atomic E-state index is 12.7. The van der Waals surface area contributed by atoms with Crippen LogP contribution in [0.1, 0.15) is 31.7 Å². The Morgan fingerprint density at radius 3 is 2.81 bits per heavy atom. The van der Waals surface area contributed by atoms with Crippen molar-refractivity contribution in [3.63, 3.8) is 0 Å². The van der Waals surface area contributed by atoms with Gasteiger partial charge in [-0.25, -0.2) is 0 Å². The summed E-state index contributed by atoms with van der Waals surface area (Å²) >= 11 is 0. The number of ether oxygens (including phenoxy) is 1. The van der Waals surface area contributed by atoms with Crippen LogP contribution < -0.4 is 10.2 Å². The van der Waals surface area contributed by atoms with Gasteiger partial charge in [-0.15, -0.1) is 0 Å². The predicted octanol–water partition coefficient (Wildman–Crippen LogP) is 1.85. The molecule has 1 aromatic carbocycles. The molecule has 0 radical (unpaired) electrons. The lowest BCUT2D eigenvalue weighted by molar-refractivity contribution is -0.125. The molecule has 1 N–H and O–H groups in total. The second kappa shape index (κ2) is 7.22. The molecule has 114 valence electrons. The zero-order valence-corrected chi connectivity index (χ0v) is 12.6. The SMILES string of the molecule is CCCC1NC(=O)CCN(c2ccccc2COC)C1=O. The molecule has 21 heavy (non-hydrogen) atoms. The largest absolute Gasteiger partial charge is 0.380 e. The lowest BCUT2D eigenvalue weighted by Gasteiger charge is -2.26. The van der Waals surface area contributed by atoms with Gasteiger partial charge in [-0.2, -0.15) is 0 Å². The molecule has 1 heterocycles. The summed E-state index contributed by atoms with van der Waals surface area (Å²) in [5.74, 6) is -0.0974. The highest BCUT2D eigenvalue weighted by molar-refractivity contribution is 6.01. The summed E-state index contributed by atoms with van der Waals surface area (Å²) in [4.78, 5) is 26.2. The fraction of sp³-hybridized carbons (Fsp3) is 0.500. The van der Waals surface area contributed by atoms with Gasteiger partial charge in [0.05, 0.1) is 6.61 Å². The number of anilines is 1. The first kappa shape index (κ1) is 15.5. The van der Waals surface area contributed by atoms with Crippen LogP contribution in [0.15, 0.2) is 24.3 Å². The van der Waals surface area contributed by atoms with Crippen LogP contribution in [-0.4, -0.2) is 31.5 Å². The fourth-order valence-electron chi connectivity index (χ4n) is 2.62. The average molecular weight is 290 g/mol. The summed E-state index contributed by atoms with van der Waals surface area (Å²) in [6.45, 7) is 2.86. The minimum absolute atomic E-state index is 0.0359. The smallest absolute Gasteiger partial charge is 0.249 e. The summed E-state index contributed by atoms with van der Waals surface area (Å²) in [6, 6.07) is 7.25. The summed E-state index contributed by atoms with van der Waals surface area (Å²) in [5, 5.41) is 2.82. The van der Waals surface area contributed by atoms with Gasteiger partial charge in [0, 0.05) is 31.3 Å². The first-order chi connectivity index (χ1) is 10.2. The molecule has 0 spiro atoms. The molecule has 2 rings (SSSR count). The van der Waals surface area contributed by atoms with Crippen LogP contribution in [0, 0.1) is 0 Å². The van der Waals surface area contributed by atoms with Crippen LogP contribution in [0.4, 0.5) is 5.69 Å². The molecule has 0 bridgehead atoms. The van der Waals surface area contributed by atoms with Crippen LogP contribution in [0.25, 0.3) is 0 Å². The van der Waals surface area contributed by atoms with E-state index in [-0.39, 0.29) is 11.8 Å². The molecule has 5 nitrogen and oxygen atoms in total. The summed E-state index contributed by atoms with van der Waals surface area (Å²) in [7, 11) is 1.63. The van der Waals surface area contributed by atoms with Crippen molar-refractivity contribution in [2.45, 2.75) is 38.8 Å². The highest BCUT2D eigenvalue weighted by atomic mass is 16.5. The second-order valence-electron chi connectivity index (χ2n) is 5.21. The molecule has 1 aromatic rings. The summed E-state index contributed by atoms with van der Waals surface area (Å²) in [5.41, 5.74) is 1.79. The molecule has 1 atom stereocenters. The highest BCUT2D eigenvalue weighted by Crippen LogP contribution is 2.24. The average Bonchev–Trinajstić information content (AvgIpc) is 2.61. The Morgan fingerprint density at radius 1 is 1.33 bits per heavy atom. The third-order valence-electron chi connectivity index (χ3n) is 3.62. The second-order valence-corrected chi connectivity index (χ2v) is 5.21. The van der Waals surface area contributed by atoms with Crippen LogP contribution in [0.2, 0.25) is 0 Å². The number of amides is 2. The van der Waals surface area contributed by atoms with Gasteiger partial charge in [0.25, 0.3) is 0 Å². The van der Waals surface area contributed by atoms with Gasteiger partial charge >= 0.3 is 0 Å². The molecule has 0 aliphatic carbocycles. The Morgan fingerprint density at radius 2 is 2.10 bits per heavy atom. The Bertz CT molecular complexity index is 516. The number of benzene rings is 1. The number of para-hydroxylation sites is 1. The third-order valence-corrected chi connectivity index (χ3v) is 3.62. The quantitative estimate of drug-likeness (QED) is 0.900. The molecule has 0 aromatic heterocycles. The van der Waals surface area contributed by atoms with Crippen molar-refractivity contribution in [2.75, 3.05) is 18.6 Å². The summed E-state index contributed by atoms with van der Waals surface area (Å²) in [6.07, 6.45) is 1.84. The van der Waals surface area contributed by atoms with E-state index in [0.29, 0.717) is 26.0 Å². The maximum atomic E-state index is 12.7. The van der Waals surface area contributed by atoms with E-state index in [1.165, 1.54) is 0 Å². The number of carbonyl (C=O) groups is 2. The van der Waals surface area contributed by atoms with Crippen molar-refractivity contribution in [1.29, 1.82) is 0 Å². The molecule has 1 fully saturated rings. The first-order valence-corrected chi connectivity index (χ1v) is 7.35. The molecule has 2 amide bonds. The molecule has 5 heteroatoms. The Labute approximate surface area is 125 Å². The number of rotatable bonds is 5. The van der Waals surface area contributed by atoms with E-state index < -0.39 is 6.04 Å². The van der Waals surface area contributed by atoms with Gasteiger partial charge in [-0.3, -0.25) is 9.59 Å². The van der Waals surface area contributed by atoms with Gasteiger partial charge in [0.15, 0.2) is 0 Å². The number of nitrogens with zero attached hydrogens (tertiary/aromatic N) is 1. The van der Waals surface area contributed by atoms with E-state index in [0.717, 1.165) is 17.7 Å². The Hall–Kier alpha value is -1.88. The molecule has 1 saturated heterocycles. The minimum atomic E-state index is -0.430. The molecule has 1 aliphatic heterocycles. The van der Waals surface area contributed by atoms with Crippen molar-refractivity contribution in [2.24, 2.45) is 0 Å². The fourth-order valence-corrected chi connectivity index (χ4v) is 2.62. The Kier molecular flexibility index (Phi) is 5.33. The van der Waals surface area contributed by atoms with Crippen molar-refractivity contribution >= 4 is 17.5 Å². The van der Waals surface area contributed by atoms with E-state index in [1.54, 1.807) is 12.0 Å². The third kappa shape index (κ3) is 3.61. The van der Waals surface area contributed by atoms with E-state index in [1.807, 2.05) is 31.2 Å². The zero-order valence-electron chi connectivity index (χ0n) is 12.6. The van der Waals surface area contributed by atoms with E-state index in [4.69, 9.17) is 4.74 Å². The van der Waals surface area contributed by atoms with Gasteiger partial charge in [-0.1, -0.05) is 31.5 Å². The summed E-state index contributed by atoms with van der Waals surface area (Å²) < 4.78 is 5.20. The molecule has 1 aliphatic rings. The molecular formula is C16H22N2O3. The number of methoxy groups -OCH3 is 1. The van der Waals surface area contributed by atoms with Crippen molar-refractivity contribution in [3.8, 4) is 0 Å². The van der Waals surface area contributed by atoms with Crippen LogP contribution in [-0.2, 0) is 20.9 Å². The van der Waals surface area contributed by atoms with Crippen LogP contribution in [0.5, 0.6) is 0 Å². The zero-order chi connectivity index (χ0) is 15.2. The van der Waals surface area contributed by atoms with Gasteiger partial charge in [-0.05, 0) is 12.5 Å². The van der Waals surface area contributed by atoms with Crippen molar-refractivity contribution in [3.05, 3.63) is 29.8 Å². The maximum Gasteiger partial charge on any atom is 0.249 e. The van der Waals surface area contributed by atoms with Gasteiger partial charge < -0.3 is 15.0 Å². The lowest BCUT2D eigenvalue weighted by Crippen LogP contribution is -2.45.